The first kappa shape index (κ1) is 37.6. The minimum Gasteiger partial charge on any atom is -0.453 e. The molecule has 2 saturated heterocycles. The first-order valence-electron chi connectivity index (χ1n) is 19.6. The Bertz CT molecular complexity index is 2390. The molecule has 3 amide bonds. The van der Waals surface area contributed by atoms with Crippen molar-refractivity contribution in [1.82, 2.24) is 40.0 Å². The van der Waals surface area contributed by atoms with Crippen molar-refractivity contribution in [2.45, 2.75) is 63.7 Å². The number of nitrogens with zero attached hydrogens (tertiary/aromatic N) is 5. The summed E-state index contributed by atoms with van der Waals surface area (Å²) in [5, 5.41) is 3.71. The first-order chi connectivity index (χ1) is 27.7. The third-order valence-corrected chi connectivity index (χ3v) is 11.2. The van der Waals surface area contributed by atoms with Gasteiger partial charge in [-0.3, -0.25) is 9.59 Å². The summed E-state index contributed by atoms with van der Waals surface area (Å²) in [6.45, 7) is 5.05. The van der Waals surface area contributed by atoms with E-state index in [2.05, 4.69) is 67.7 Å². The lowest BCUT2D eigenvalue weighted by molar-refractivity contribution is -0.135. The van der Waals surface area contributed by atoms with Gasteiger partial charge in [-0.15, -0.1) is 0 Å². The molecule has 13 heteroatoms. The number of benzene rings is 3. The number of hydrogen-bond donors (Lipinski definition) is 4. The van der Waals surface area contributed by atoms with Gasteiger partial charge in [-0.25, -0.2) is 19.7 Å². The Kier molecular flexibility index (Phi) is 10.6. The van der Waals surface area contributed by atoms with Crippen molar-refractivity contribution in [3.05, 3.63) is 115 Å². The molecule has 0 bridgehead atoms. The Balaban J connectivity index is 0.939. The fourth-order valence-electron chi connectivity index (χ4n) is 8.08. The molecule has 2 fully saturated rings. The molecule has 0 aliphatic carbocycles. The Morgan fingerprint density at radius 1 is 0.772 bits per heavy atom. The number of hydrogen-bond acceptors (Lipinski definition) is 8. The van der Waals surface area contributed by atoms with Crippen LogP contribution in [0.4, 0.5) is 4.79 Å². The van der Waals surface area contributed by atoms with E-state index in [9.17, 15) is 14.4 Å². The van der Waals surface area contributed by atoms with Gasteiger partial charge in [-0.05, 0) is 72.1 Å². The van der Waals surface area contributed by atoms with Gasteiger partial charge in [0.25, 0.3) is 0 Å². The number of fused-ring (bicyclic) bond motifs is 1. The summed E-state index contributed by atoms with van der Waals surface area (Å²) < 4.78 is 4.76. The number of alkyl carbamates (subject to hydrolysis) is 1. The van der Waals surface area contributed by atoms with E-state index in [1.165, 1.54) is 7.11 Å². The Hall–Kier alpha value is -6.34. The topological polar surface area (TPSA) is 175 Å². The molecule has 3 aromatic carbocycles. The molecule has 0 radical (unpaired) electrons. The van der Waals surface area contributed by atoms with Crippen molar-refractivity contribution >= 4 is 28.8 Å². The Morgan fingerprint density at radius 2 is 1.39 bits per heavy atom. The van der Waals surface area contributed by atoms with E-state index < -0.39 is 18.2 Å². The van der Waals surface area contributed by atoms with Crippen molar-refractivity contribution in [2.24, 2.45) is 11.7 Å². The normalized spacial score (nSPS) is 17.9. The molecule has 8 rings (SSSR count). The second-order valence-electron chi connectivity index (χ2n) is 15.2. The summed E-state index contributed by atoms with van der Waals surface area (Å²) in [7, 11) is 1.29. The van der Waals surface area contributed by atoms with Crippen LogP contribution in [0.25, 0.3) is 44.7 Å². The predicted octanol–water partition coefficient (Wildman–Crippen LogP) is 7.09. The third-order valence-electron chi connectivity index (χ3n) is 11.2. The molecular formula is C44H47N9O4. The molecule has 2 aliphatic rings. The number of carbonyl (C=O) groups excluding carboxylic acids is 3. The lowest BCUT2D eigenvalue weighted by Gasteiger charge is -2.30. The summed E-state index contributed by atoms with van der Waals surface area (Å²) in [4.78, 5) is 63.8. The fourth-order valence-corrected chi connectivity index (χ4v) is 8.08. The van der Waals surface area contributed by atoms with Crippen molar-refractivity contribution in [1.29, 1.82) is 0 Å². The van der Waals surface area contributed by atoms with Crippen molar-refractivity contribution in [3.63, 3.8) is 0 Å². The van der Waals surface area contributed by atoms with Crippen LogP contribution < -0.4 is 11.1 Å². The van der Waals surface area contributed by atoms with E-state index in [1.54, 1.807) is 6.20 Å². The van der Waals surface area contributed by atoms with Crippen LogP contribution in [0, 0.1) is 5.92 Å². The highest BCUT2D eigenvalue weighted by Gasteiger charge is 2.38. The zero-order valence-corrected chi connectivity index (χ0v) is 32.3. The van der Waals surface area contributed by atoms with Crippen molar-refractivity contribution < 1.29 is 19.1 Å². The fraction of sp³-hybridized carbons (Fsp3) is 0.318. The number of aromatic nitrogens is 5. The highest BCUT2D eigenvalue weighted by Crippen LogP contribution is 2.35. The van der Waals surface area contributed by atoms with Gasteiger partial charge >= 0.3 is 6.09 Å². The summed E-state index contributed by atoms with van der Waals surface area (Å²) >= 11 is 0. The molecule has 5 N–H and O–H groups in total. The Morgan fingerprint density at radius 3 is 2.05 bits per heavy atom. The number of pyridine rings is 1. The van der Waals surface area contributed by atoms with E-state index in [1.807, 2.05) is 72.3 Å². The lowest BCUT2D eigenvalue weighted by atomic mass is 10.0. The first-order valence-corrected chi connectivity index (χ1v) is 19.6. The van der Waals surface area contributed by atoms with Gasteiger partial charge in [0.1, 0.15) is 23.7 Å². The SMILES string of the molecule is COC(=O)N[C@H](C(=O)N1CCC[C@H]1c1ncc(-c2ccc(-c3ccc4nc(-c5cnc([C@@H]6CCCN6C(=O)[C@H](N)c6ccccc6)[nH]5)ccc4c3)cc2)[nH]1)C(C)C. The van der Waals surface area contributed by atoms with Gasteiger partial charge in [-0.2, -0.15) is 0 Å². The lowest BCUT2D eigenvalue weighted by Crippen LogP contribution is -2.51. The van der Waals surface area contributed by atoms with Crippen LogP contribution in [0.5, 0.6) is 0 Å². The number of ether oxygens (including phenoxy) is 1. The number of nitrogens with two attached hydrogens (primary N) is 1. The smallest absolute Gasteiger partial charge is 0.407 e. The number of rotatable bonds is 10. The van der Waals surface area contributed by atoms with Crippen LogP contribution in [-0.4, -0.2) is 78.9 Å². The van der Waals surface area contributed by atoms with Gasteiger partial charge in [0.15, 0.2) is 0 Å². The van der Waals surface area contributed by atoms with E-state index in [-0.39, 0.29) is 29.8 Å². The van der Waals surface area contributed by atoms with Crippen LogP contribution in [0.2, 0.25) is 0 Å². The van der Waals surface area contributed by atoms with Crippen LogP contribution >= 0.6 is 0 Å². The summed E-state index contributed by atoms with van der Waals surface area (Å²) in [5.74, 6) is 1.13. The summed E-state index contributed by atoms with van der Waals surface area (Å²) in [5.41, 5.74) is 13.6. The number of nitrogens with one attached hydrogen (secondary N) is 3. The van der Waals surface area contributed by atoms with Gasteiger partial charge < -0.3 is 35.6 Å². The van der Waals surface area contributed by atoms with Gasteiger partial charge in [0, 0.05) is 18.5 Å². The molecule has 0 spiro atoms. The maximum absolute atomic E-state index is 13.6. The Labute approximate surface area is 331 Å². The zero-order chi connectivity index (χ0) is 39.6. The minimum atomic E-state index is -0.715. The zero-order valence-electron chi connectivity index (χ0n) is 32.3. The number of imidazole rings is 2. The maximum atomic E-state index is 13.6. The van der Waals surface area contributed by atoms with Crippen LogP contribution in [-0.2, 0) is 14.3 Å². The number of methoxy groups -OCH3 is 1. The molecule has 292 valence electrons. The maximum Gasteiger partial charge on any atom is 0.407 e. The molecule has 5 heterocycles. The van der Waals surface area contributed by atoms with Gasteiger partial charge in [-0.1, -0.05) is 80.6 Å². The number of amides is 3. The van der Waals surface area contributed by atoms with Crippen LogP contribution in [0.3, 0.4) is 0 Å². The third kappa shape index (κ3) is 7.62. The second-order valence-corrected chi connectivity index (χ2v) is 15.2. The average molecular weight is 766 g/mol. The van der Waals surface area contributed by atoms with E-state index >= 15 is 0 Å². The number of carbonyl (C=O) groups is 3. The largest absolute Gasteiger partial charge is 0.453 e. The van der Waals surface area contributed by atoms with E-state index in [4.69, 9.17) is 15.5 Å². The van der Waals surface area contributed by atoms with Crippen molar-refractivity contribution in [3.8, 4) is 33.8 Å². The number of aromatic amines is 2. The van der Waals surface area contributed by atoms with Gasteiger partial charge in [0.2, 0.25) is 11.8 Å². The van der Waals surface area contributed by atoms with Crippen molar-refractivity contribution in [2.75, 3.05) is 20.2 Å². The van der Waals surface area contributed by atoms with Crippen LogP contribution in [0.1, 0.15) is 74.9 Å². The second kappa shape index (κ2) is 16.0. The summed E-state index contributed by atoms with van der Waals surface area (Å²) in [6, 6.07) is 26.3. The summed E-state index contributed by atoms with van der Waals surface area (Å²) in [6.07, 6.45) is 6.32. The van der Waals surface area contributed by atoms with E-state index in [0.717, 1.165) is 87.6 Å². The highest BCUT2D eigenvalue weighted by molar-refractivity contribution is 5.88. The highest BCUT2D eigenvalue weighted by atomic mass is 16.5. The number of H-pyrrole nitrogens is 2. The average Bonchev–Trinajstić information content (AvgIpc) is 4.09. The predicted molar refractivity (Wildman–Crippen MR) is 217 cm³/mol. The minimum absolute atomic E-state index is 0.0970. The molecule has 2 aliphatic heterocycles. The standard InChI is InChI=1S/C44H47N9O4/c1-26(2)39(51-44(56)57-3)43(55)53-22-8-12-37(53)40-46-24-34(49-40)28-15-13-27(14-16-28)30-17-19-32-31(23-30)18-20-33(48-32)35-25-47-41(50-35)36-11-7-21-52(36)42(54)38(45)29-9-5-4-6-10-29/h4-6,9-10,13-20,23-26,36-39H,7-8,11-12,21-22,45H2,1-3H3,(H,46,49)(H,47,50)(H,51,56)/t36-,37-,38+,39-/m0/s1. The molecule has 13 nitrogen and oxygen atoms in total. The van der Waals surface area contributed by atoms with E-state index in [0.29, 0.717) is 13.1 Å². The monoisotopic (exact) mass is 765 g/mol. The molecule has 6 aromatic rings. The van der Waals surface area contributed by atoms with Crippen LogP contribution in [0.15, 0.2) is 97.3 Å². The number of likely N-dealkylation sites (tertiary alicyclic amines) is 2. The van der Waals surface area contributed by atoms with Gasteiger partial charge in [0.05, 0.1) is 54.2 Å². The molecule has 0 unspecified atom stereocenters. The molecule has 4 atom stereocenters. The molecule has 57 heavy (non-hydrogen) atoms. The molecular weight excluding hydrogens is 719 g/mol. The molecule has 3 aromatic heterocycles. The quantitative estimate of drug-likeness (QED) is 0.114. The molecule has 0 saturated carbocycles.